The highest BCUT2D eigenvalue weighted by Gasteiger charge is 2.51. The molecule has 1 aliphatic rings. The smallest absolute Gasteiger partial charge is 0.369 e. The van der Waals surface area contributed by atoms with E-state index in [0.29, 0.717) is 6.54 Å². The van der Waals surface area contributed by atoms with E-state index in [4.69, 9.17) is 5.73 Å². The molecule has 0 saturated heterocycles. The predicted molar refractivity (Wildman–Crippen MR) is 124 cm³/mol. The average molecular weight is 471 g/mol. The molecule has 1 aliphatic carbocycles. The lowest BCUT2D eigenvalue weighted by Gasteiger charge is -2.37. The minimum atomic E-state index is -4.14. The van der Waals surface area contributed by atoms with Gasteiger partial charge in [0, 0.05) is 13.3 Å². The maximum absolute atomic E-state index is 13.2. The first-order chi connectivity index (χ1) is 16.2. The Morgan fingerprint density at radius 3 is 2.15 bits per heavy atom. The van der Waals surface area contributed by atoms with Crippen molar-refractivity contribution in [1.29, 1.82) is 0 Å². The van der Waals surface area contributed by atoms with Crippen molar-refractivity contribution in [2.75, 3.05) is 0 Å². The minimum absolute atomic E-state index is 0.000259. The van der Waals surface area contributed by atoms with E-state index in [9.17, 15) is 18.0 Å². The van der Waals surface area contributed by atoms with Crippen molar-refractivity contribution in [2.45, 2.75) is 63.2 Å². The monoisotopic (exact) mass is 470 g/mol. The van der Waals surface area contributed by atoms with Crippen LogP contribution in [0.2, 0.25) is 0 Å². The average Bonchev–Trinajstić information content (AvgIpc) is 3.42. The molecule has 1 amide bonds. The molecule has 1 fully saturated rings. The third kappa shape index (κ3) is 4.61. The highest BCUT2D eigenvalue weighted by Crippen LogP contribution is 2.49. The number of hydrogen-bond donors (Lipinski definition) is 1. The number of alkyl halides is 3. The molecule has 0 aliphatic heterocycles. The van der Waals surface area contributed by atoms with E-state index in [1.807, 2.05) is 84.5 Å². The summed E-state index contributed by atoms with van der Waals surface area (Å²) in [6.45, 7) is 2.27. The van der Waals surface area contributed by atoms with Gasteiger partial charge in [0.05, 0.1) is 6.54 Å². The molecule has 180 valence electrons. The van der Waals surface area contributed by atoms with Gasteiger partial charge in [-0.15, -0.1) is 0 Å². The Hall–Kier alpha value is -3.09. The molecule has 3 aromatic rings. The van der Waals surface area contributed by atoms with Crippen LogP contribution in [0.5, 0.6) is 0 Å². The van der Waals surface area contributed by atoms with Crippen LogP contribution in [0.15, 0.2) is 73.1 Å². The largest absolute Gasteiger partial charge is 0.389 e. The summed E-state index contributed by atoms with van der Waals surface area (Å²) >= 11 is 0. The molecule has 2 atom stereocenters. The molecular formula is C27H31F3N3O+. The molecule has 7 heteroatoms. The fraction of sp³-hybridized carbons (Fsp3) is 0.407. The normalized spacial score (nSPS) is 18.8. The van der Waals surface area contributed by atoms with Gasteiger partial charge in [0.1, 0.15) is 23.9 Å². The van der Waals surface area contributed by atoms with Gasteiger partial charge in [0.2, 0.25) is 5.91 Å². The summed E-state index contributed by atoms with van der Waals surface area (Å²) in [5.74, 6) is 0.569. The van der Waals surface area contributed by atoms with Gasteiger partial charge in [-0.3, -0.25) is 4.79 Å². The molecule has 0 unspecified atom stereocenters. The van der Waals surface area contributed by atoms with Crippen LogP contribution >= 0.6 is 0 Å². The predicted octanol–water partition coefficient (Wildman–Crippen LogP) is 5.24. The highest BCUT2D eigenvalue weighted by atomic mass is 19.4. The molecule has 1 saturated carbocycles. The first-order valence-corrected chi connectivity index (χ1v) is 11.8. The molecule has 2 aromatic carbocycles. The minimum Gasteiger partial charge on any atom is -0.369 e. The van der Waals surface area contributed by atoms with E-state index in [1.54, 1.807) is 0 Å². The second kappa shape index (κ2) is 9.65. The topological polar surface area (TPSA) is 51.9 Å². The second-order valence-electron chi connectivity index (χ2n) is 9.23. The van der Waals surface area contributed by atoms with Gasteiger partial charge in [-0.25, -0.2) is 9.13 Å². The Kier molecular flexibility index (Phi) is 6.82. The van der Waals surface area contributed by atoms with Crippen molar-refractivity contribution in [1.82, 2.24) is 4.57 Å². The molecular weight excluding hydrogens is 439 g/mol. The summed E-state index contributed by atoms with van der Waals surface area (Å²) in [4.78, 5) is 13.2. The number of benzene rings is 2. The summed E-state index contributed by atoms with van der Waals surface area (Å²) in [6.07, 6.45) is 1.39. The Balaban J connectivity index is 1.62. The zero-order valence-corrected chi connectivity index (χ0v) is 19.3. The highest BCUT2D eigenvalue weighted by molar-refractivity contribution is 5.91. The molecule has 34 heavy (non-hydrogen) atoms. The number of halogens is 3. The first kappa shape index (κ1) is 24.0. The van der Waals surface area contributed by atoms with Crippen LogP contribution in [0.3, 0.4) is 0 Å². The number of rotatable bonds is 8. The van der Waals surface area contributed by atoms with Crippen molar-refractivity contribution in [2.24, 2.45) is 11.7 Å². The van der Waals surface area contributed by atoms with Crippen LogP contribution in [0.1, 0.15) is 55.1 Å². The summed E-state index contributed by atoms with van der Waals surface area (Å²) < 4.78 is 41.7. The van der Waals surface area contributed by atoms with Crippen molar-refractivity contribution in [3.63, 3.8) is 0 Å². The van der Waals surface area contributed by atoms with E-state index < -0.39 is 18.0 Å². The van der Waals surface area contributed by atoms with Crippen molar-refractivity contribution in [3.8, 4) is 0 Å². The number of carbonyl (C=O) groups is 1. The third-order valence-corrected chi connectivity index (χ3v) is 7.31. The fourth-order valence-corrected chi connectivity index (χ4v) is 5.72. The number of carbonyl (C=O) groups excluding carboxylic acids is 1. The number of aromatic nitrogens is 2. The summed E-state index contributed by atoms with van der Waals surface area (Å²) in [6, 6.07) is 19.6. The number of nitrogens with zero attached hydrogens (tertiary/aromatic N) is 2. The van der Waals surface area contributed by atoms with Crippen LogP contribution in [0.25, 0.3) is 0 Å². The zero-order chi connectivity index (χ0) is 24.3. The summed E-state index contributed by atoms with van der Waals surface area (Å²) in [5, 5.41) is 0. The van der Waals surface area contributed by atoms with Gasteiger partial charge in [-0.2, -0.15) is 13.2 Å². The van der Waals surface area contributed by atoms with E-state index in [2.05, 4.69) is 4.57 Å². The van der Waals surface area contributed by atoms with Gasteiger partial charge < -0.3 is 5.73 Å². The maximum Gasteiger partial charge on any atom is 0.389 e. The first-order valence-electron chi connectivity index (χ1n) is 11.8. The molecule has 0 spiro atoms. The fourth-order valence-electron chi connectivity index (χ4n) is 5.72. The Labute approximate surface area is 198 Å². The molecule has 4 nitrogen and oxygen atoms in total. The van der Waals surface area contributed by atoms with Gasteiger partial charge in [-0.05, 0) is 42.7 Å². The van der Waals surface area contributed by atoms with Crippen LogP contribution in [0.4, 0.5) is 13.2 Å². The number of hydrogen-bond acceptors (Lipinski definition) is 1. The number of imidazole rings is 1. The van der Waals surface area contributed by atoms with Gasteiger partial charge >= 0.3 is 6.18 Å². The standard InChI is InChI=1S/C27H30F3N3O/c1-20-32(16-8-15-26(28,29)30)17-18-33(20)24-14-13-23(19-24)27(25(31)34,21-9-4-2-5-10-21)22-11-6-3-7-12-22/h2-7,9-12,17-18,23-24H,8,13-16,19H2,1H3,(H-,31,34)/p+1/t23-,24+/m0/s1. The van der Waals surface area contributed by atoms with Crippen molar-refractivity contribution in [3.05, 3.63) is 90.0 Å². The molecule has 4 rings (SSSR count). The van der Waals surface area contributed by atoms with E-state index in [1.165, 1.54) is 0 Å². The Morgan fingerprint density at radius 1 is 1.03 bits per heavy atom. The number of primary amides is 1. The van der Waals surface area contributed by atoms with Gasteiger partial charge in [0.25, 0.3) is 5.82 Å². The lowest BCUT2D eigenvalue weighted by molar-refractivity contribution is -0.703. The Morgan fingerprint density at radius 2 is 1.62 bits per heavy atom. The Bertz CT molecular complexity index is 1070. The van der Waals surface area contributed by atoms with E-state index in [0.717, 1.165) is 36.2 Å². The maximum atomic E-state index is 13.2. The quantitative estimate of drug-likeness (QED) is 0.450. The third-order valence-electron chi connectivity index (χ3n) is 7.31. The summed E-state index contributed by atoms with van der Waals surface area (Å²) in [7, 11) is 0. The lowest BCUT2D eigenvalue weighted by atomic mass is 9.64. The molecule has 1 aromatic heterocycles. The lowest BCUT2D eigenvalue weighted by Crippen LogP contribution is -2.47. The van der Waals surface area contributed by atoms with Crippen molar-refractivity contribution < 1.29 is 22.5 Å². The van der Waals surface area contributed by atoms with Crippen LogP contribution < -0.4 is 10.3 Å². The number of amides is 1. The number of nitrogens with two attached hydrogens (primary N) is 1. The van der Waals surface area contributed by atoms with E-state index in [-0.39, 0.29) is 24.3 Å². The van der Waals surface area contributed by atoms with Gasteiger partial charge in [0.15, 0.2) is 0 Å². The number of aryl methyl sites for hydroxylation is 1. The SMILES string of the molecule is Cc1n([C@@H]2CC[C@H](C(C(N)=O)(c3ccccc3)c3ccccc3)C2)cc[n+]1CCCC(F)(F)F. The van der Waals surface area contributed by atoms with E-state index >= 15 is 0 Å². The molecule has 1 heterocycles. The van der Waals surface area contributed by atoms with Crippen LogP contribution in [-0.4, -0.2) is 16.7 Å². The van der Waals surface area contributed by atoms with Crippen LogP contribution in [0, 0.1) is 12.8 Å². The molecule has 0 radical (unpaired) electrons. The molecule has 0 bridgehead atoms. The zero-order valence-electron chi connectivity index (χ0n) is 19.3. The second-order valence-corrected chi connectivity index (χ2v) is 9.23. The van der Waals surface area contributed by atoms with Crippen LogP contribution in [-0.2, 0) is 16.8 Å². The van der Waals surface area contributed by atoms with Crippen molar-refractivity contribution >= 4 is 5.91 Å². The summed E-state index contributed by atoms with van der Waals surface area (Å²) in [5.41, 5.74) is 7.03. The molecule has 2 N–H and O–H groups in total. The van der Waals surface area contributed by atoms with Gasteiger partial charge in [-0.1, -0.05) is 60.7 Å².